The molecule has 1 aliphatic heterocycles. The second kappa shape index (κ2) is 5.98. The van der Waals surface area contributed by atoms with Crippen molar-refractivity contribution in [1.29, 1.82) is 0 Å². The number of rotatable bonds is 3. The first-order valence-electron chi connectivity index (χ1n) is 7.81. The normalized spacial score (nSPS) is 19.5. The number of aliphatic hydroxyl groups excluding tert-OH is 1. The van der Waals surface area contributed by atoms with E-state index in [0.29, 0.717) is 11.3 Å². The maximum absolute atomic E-state index is 12.4. The number of hydrogen-bond donors (Lipinski definition) is 2. The SMILES string of the molecule is O=C(Cn1cnc2ccccc21)N[C@H]1COc2ccccc2[C@@H]1O. The summed E-state index contributed by atoms with van der Waals surface area (Å²) >= 11 is 0. The van der Waals surface area contributed by atoms with Crippen LogP contribution in [-0.4, -0.2) is 33.2 Å². The van der Waals surface area contributed by atoms with Crippen molar-refractivity contribution in [2.75, 3.05) is 6.61 Å². The third-order valence-corrected chi connectivity index (χ3v) is 4.22. The predicted octanol–water partition coefficient (Wildman–Crippen LogP) is 1.65. The molecule has 0 saturated carbocycles. The fourth-order valence-electron chi connectivity index (χ4n) is 3.01. The molecule has 0 unspecified atom stereocenters. The van der Waals surface area contributed by atoms with Crippen LogP contribution in [0.2, 0.25) is 0 Å². The molecule has 1 aromatic heterocycles. The van der Waals surface area contributed by atoms with Gasteiger partial charge in [-0.15, -0.1) is 0 Å². The second-order valence-corrected chi connectivity index (χ2v) is 5.83. The van der Waals surface area contributed by atoms with Crippen LogP contribution in [0, 0.1) is 0 Å². The average molecular weight is 323 g/mol. The molecule has 2 aromatic carbocycles. The lowest BCUT2D eigenvalue weighted by atomic mass is 9.99. The zero-order valence-corrected chi connectivity index (χ0v) is 12.9. The lowest BCUT2D eigenvalue weighted by molar-refractivity contribution is -0.123. The van der Waals surface area contributed by atoms with Gasteiger partial charge < -0.3 is 19.7 Å². The minimum Gasteiger partial charge on any atom is -0.491 e. The van der Waals surface area contributed by atoms with E-state index in [0.717, 1.165) is 11.0 Å². The number of aliphatic hydroxyl groups is 1. The van der Waals surface area contributed by atoms with Crippen LogP contribution >= 0.6 is 0 Å². The van der Waals surface area contributed by atoms with E-state index in [1.807, 2.05) is 48.5 Å². The molecule has 0 bridgehead atoms. The number of amides is 1. The summed E-state index contributed by atoms with van der Waals surface area (Å²) in [5.41, 5.74) is 2.45. The van der Waals surface area contributed by atoms with Crippen molar-refractivity contribution in [3.8, 4) is 5.75 Å². The van der Waals surface area contributed by atoms with E-state index >= 15 is 0 Å². The summed E-state index contributed by atoms with van der Waals surface area (Å²) in [6.45, 7) is 0.389. The molecule has 0 saturated heterocycles. The summed E-state index contributed by atoms with van der Waals surface area (Å²) in [6, 6.07) is 14.5. The number of nitrogens with one attached hydrogen (secondary N) is 1. The summed E-state index contributed by atoms with van der Waals surface area (Å²) in [4.78, 5) is 16.6. The standard InChI is InChI=1S/C18H17N3O3/c22-17(9-21-11-19-13-6-2-3-7-15(13)21)20-14-10-24-16-8-4-1-5-12(16)18(14)23/h1-8,11,14,18,23H,9-10H2,(H,20,22)/t14-,18-/m0/s1. The van der Waals surface area contributed by atoms with Gasteiger partial charge in [-0.3, -0.25) is 4.79 Å². The molecule has 122 valence electrons. The first kappa shape index (κ1) is 14.7. The molecule has 4 rings (SSSR count). The Morgan fingerprint density at radius 1 is 1.25 bits per heavy atom. The van der Waals surface area contributed by atoms with E-state index in [4.69, 9.17) is 4.74 Å². The monoisotopic (exact) mass is 323 g/mol. The lowest BCUT2D eigenvalue weighted by Crippen LogP contribution is -2.46. The van der Waals surface area contributed by atoms with Crippen LogP contribution < -0.4 is 10.1 Å². The van der Waals surface area contributed by atoms with Gasteiger partial charge >= 0.3 is 0 Å². The van der Waals surface area contributed by atoms with Gasteiger partial charge in [0.1, 0.15) is 25.0 Å². The minimum atomic E-state index is -0.779. The van der Waals surface area contributed by atoms with Gasteiger partial charge in [0.2, 0.25) is 5.91 Å². The highest BCUT2D eigenvalue weighted by Crippen LogP contribution is 2.31. The zero-order chi connectivity index (χ0) is 16.5. The van der Waals surface area contributed by atoms with Crippen molar-refractivity contribution in [3.05, 3.63) is 60.4 Å². The van der Waals surface area contributed by atoms with Gasteiger partial charge in [-0.1, -0.05) is 30.3 Å². The Morgan fingerprint density at radius 3 is 2.96 bits per heavy atom. The highest BCUT2D eigenvalue weighted by atomic mass is 16.5. The first-order chi connectivity index (χ1) is 11.7. The van der Waals surface area contributed by atoms with Crippen LogP contribution in [0.25, 0.3) is 11.0 Å². The predicted molar refractivity (Wildman–Crippen MR) is 88.6 cm³/mol. The van der Waals surface area contributed by atoms with Gasteiger partial charge in [0.05, 0.1) is 23.4 Å². The average Bonchev–Trinajstić information content (AvgIpc) is 3.01. The van der Waals surface area contributed by atoms with Crippen LogP contribution in [0.3, 0.4) is 0 Å². The summed E-state index contributed by atoms with van der Waals surface area (Å²) in [5.74, 6) is 0.473. The highest BCUT2D eigenvalue weighted by Gasteiger charge is 2.30. The third kappa shape index (κ3) is 2.61. The lowest BCUT2D eigenvalue weighted by Gasteiger charge is -2.30. The molecular weight excluding hydrogens is 306 g/mol. The van der Waals surface area contributed by atoms with Crippen LogP contribution in [0.15, 0.2) is 54.9 Å². The van der Waals surface area contributed by atoms with E-state index < -0.39 is 12.1 Å². The maximum atomic E-state index is 12.4. The largest absolute Gasteiger partial charge is 0.491 e. The number of carbonyl (C=O) groups is 1. The fourth-order valence-corrected chi connectivity index (χ4v) is 3.01. The van der Waals surface area contributed by atoms with E-state index in [1.54, 1.807) is 10.9 Å². The number of fused-ring (bicyclic) bond motifs is 2. The summed E-state index contributed by atoms with van der Waals surface area (Å²) in [7, 11) is 0. The fraction of sp³-hybridized carbons (Fsp3) is 0.222. The molecule has 6 nitrogen and oxygen atoms in total. The second-order valence-electron chi connectivity index (χ2n) is 5.83. The van der Waals surface area contributed by atoms with Gasteiger partial charge in [-0.25, -0.2) is 4.98 Å². The molecule has 2 heterocycles. The van der Waals surface area contributed by atoms with Crippen LogP contribution in [0.4, 0.5) is 0 Å². The molecule has 1 amide bonds. The Balaban J connectivity index is 1.47. The van der Waals surface area contributed by atoms with Gasteiger partial charge in [0, 0.05) is 5.56 Å². The van der Waals surface area contributed by atoms with E-state index in [1.165, 1.54) is 0 Å². The zero-order valence-electron chi connectivity index (χ0n) is 12.9. The molecular formula is C18H17N3O3. The summed E-state index contributed by atoms with van der Waals surface area (Å²) in [5, 5.41) is 13.3. The molecule has 2 atom stereocenters. The van der Waals surface area contributed by atoms with Crippen molar-refractivity contribution in [1.82, 2.24) is 14.9 Å². The Bertz CT molecular complexity index is 890. The van der Waals surface area contributed by atoms with Gasteiger partial charge in [0.25, 0.3) is 0 Å². The van der Waals surface area contributed by atoms with Crippen molar-refractivity contribution in [2.45, 2.75) is 18.7 Å². The Kier molecular flexibility index (Phi) is 3.66. The topological polar surface area (TPSA) is 76.4 Å². The maximum Gasteiger partial charge on any atom is 0.240 e. The highest BCUT2D eigenvalue weighted by molar-refractivity contribution is 5.80. The molecule has 6 heteroatoms. The van der Waals surface area contributed by atoms with Gasteiger partial charge in [-0.2, -0.15) is 0 Å². The van der Waals surface area contributed by atoms with Crippen molar-refractivity contribution in [3.63, 3.8) is 0 Å². The van der Waals surface area contributed by atoms with E-state index in [2.05, 4.69) is 10.3 Å². The minimum absolute atomic E-state index is 0.144. The Hall–Kier alpha value is -2.86. The molecule has 3 aromatic rings. The number of benzene rings is 2. The number of para-hydroxylation sites is 3. The molecule has 1 aliphatic rings. The van der Waals surface area contributed by atoms with E-state index in [-0.39, 0.29) is 19.1 Å². The molecule has 2 N–H and O–H groups in total. The number of carbonyl (C=O) groups excluding carboxylic acids is 1. The van der Waals surface area contributed by atoms with Crippen molar-refractivity contribution < 1.29 is 14.6 Å². The molecule has 24 heavy (non-hydrogen) atoms. The number of nitrogens with zero attached hydrogens (tertiary/aromatic N) is 2. The van der Waals surface area contributed by atoms with E-state index in [9.17, 15) is 9.90 Å². The first-order valence-corrected chi connectivity index (χ1v) is 7.81. The summed E-state index contributed by atoms with van der Waals surface area (Å²) < 4.78 is 7.41. The van der Waals surface area contributed by atoms with Crippen LogP contribution in [0.5, 0.6) is 5.75 Å². The Morgan fingerprint density at radius 2 is 2.04 bits per heavy atom. The summed E-state index contributed by atoms with van der Waals surface area (Å²) in [6.07, 6.45) is 0.867. The molecule has 0 radical (unpaired) electrons. The van der Waals surface area contributed by atoms with Gasteiger partial charge in [-0.05, 0) is 18.2 Å². The molecule has 0 aliphatic carbocycles. The van der Waals surface area contributed by atoms with Crippen LogP contribution in [-0.2, 0) is 11.3 Å². The number of aromatic nitrogens is 2. The number of ether oxygens (including phenoxy) is 1. The quantitative estimate of drug-likeness (QED) is 0.768. The molecule has 0 spiro atoms. The van der Waals surface area contributed by atoms with Crippen molar-refractivity contribution >= 4 is 16.9 Å². The third-order valence-electron chi connectivity index (χ3n) is 4.22. The number of imidazole rings is 1. The van der Waals surface area contributed by atoms with Crippen molar-refractivity contribution in [2.24, 2.45) is 0 Å². The molecule has 0 fully saturated rings. The number of hydrogen-bond acceptors (Lipinski definition) is 4. The van der Waals surface area contributed by atoms with Crippen LogP contribution in [0.1, 0.15) is 11.7 Å². The Labute approximate surface area is 138 Å². The van der Waals surface area contributed by atoms with Gasteiger partial charge in [0.15, 0.2) is 0 Å². The smallest absolute Gasteiger partial charge is 0.240 e.